The third-order valence-electron chi connectivity index (χ3n) is 3.07. The first-order chi connectivity index (χ1) is 10.3. The predicted molar refractivity (Wildman–Crippen MR) is 80.2 cm³/mol. The van der Waals surface area contributed by atoms with Gasteiger partial charge in [-0.1, -0.05) is 17.4 Å². The van der Waals surface area contributed by atoms with Crippen LogP contribution in [0.25, 0.3) is 10.9 Å². The van der Waals surface area contributed by atoms with E-state index in [2.05, 4.69) is 25.5 Å². The predicted octanol–water partition coefficient (Wildman–Crippen LogP) is 3.35. The fourth-order valence-electron chi connectivity index (χ4n) is 1.90. The third-order valence-corrected chi connectivity index (χ3v) is 5.00. The van der Waals surface area contributed by atoms with Crippen molar-refractivity contribution in [3.05, 3.63) is 30.3 Å². The molecule has 0 aliphatic heterocycles. The van der Waals surface area contributed by atoms with Gasteiger partial charge in [0.2, 0.25) is 5.13 Å². The van der Waals surface area contributed by atoms with Crippen molar-refractivity contribution in [2.45, 2.75) is 28.2 Å². The lowest BCUT2D eigenvalue weighted by Crippen LogP contribution is -1.99. The summed E-state index contributed by atoms with van der Waals surface area (Å²) >= 11 is 2.87. The number of rotatable bonds is 4. The van der Waals surface area contributed by atoms with Crippen molar-refractivity contribution in [2.24, 2.45) is 0 Å². The topological polar surface area (TPSA) is 63.6 Å². The second-order valence-electron chi connectivity index (χ2n) is 4.71. The molecule has 8 heteroatoms. The normalized spacial score (nSPS) is 14.5. The minimum atomic E-state index is -0.342. The molecule has 21 heavy (non-hydrogen) atoms. The van der Waals surface area contributed by atoms with Gasteiger partial charge in [-0.25, -0.2) is 14.4 Å². The molecule has 1 fully saturated rings. The molecule has 0 bridgehead atoms. The molecule has 1 saturated carbocycles. The number of benzene rings is 1. The molecular weight excluding hydrogens is 309 g/mol. The van der Waals surface area contributed by atoms with Gasteiger partial charge in [0.1, 0.15) is 22.7 Å². The van der Waals surface area contributed by atoms with Crippen molar-refractivity contribution in [2.75, 3.05) is 5.32 Å². The number of halogens is 1. The minimum Gasteiger partial charge on any atom is -0.357 e. The van der Waals surface area contributed by atoms with E-state index < -0.39 is 0 Å². The van der Waals surface area contributed by atoms with Gasteiger partial charge in [0, 0.05) is 11.4 Å². The fraction of sp³-hybridized carbons (Fsp3) is 0.231. The molecule has 1 aliphatic carbocycles. The van der Waals surface area contributed by atoms with Crippen LogP contribution in [-0.2, 0) is 0 Å². The minimum absolute atomic E-state index is 0.329. The smallest absolute Gasteiger partial charge is 0.206 e. The molecule has 3 aromatic rings. The van der Waals surface area contributed by atoms with Crippen LogP contribution in [0.1, 0.15) is 12.8 Å². The molecule has 0 unspecified atom stereocenters. The van der Waals surface area contributed by atoms with Gasteiger partial charge in [0.15, 0.2) is 4.34 Å². The van der Waals surface area contributed by atoms with E-state index in [0.717, 1.165) is 9.47 Å². The summed E-state index contributed by atoms with van der Waals surface area (Å²) in [5.74, 6) is -0.342. The molecule has 106 valence electrons. The Balaban J connectivity index is 1.64. The summed E-state index contributed by atoms with van der Waals surface area (Å²) in [4.78, 5) is 8.22. The van der Waals surface area contributed by atoms with Crippen LogP contribution in [0, 0.1) is 5.82 Å². The maximum Gasteiger partial charge on any atom is 0.206 e. The lowest BCUT2D eigenvalue weighted by atomic mass is 10.2. The second-order valence-corrected chi connectivity index (χ2v) is 6.92. The van der Waals surface area contributed by atoms with Gasteiger partial charge in [0.25, 0.3) is 0 Å². The van der Waals surface area contributed by atoms with E-state index in [1.165, 1.54) is 48.3 Å². The summed E-state index contributed by atoms with van der Waals surface area (Å²) in [5, 5.41) is 13.8. The Bertz CT molecular complexity index is 802. The maximum atomic E-state index is 13.7. The standard InChI is InChI=1S/C13H10FN5S2/c14-9-3-1-2-8-10(9)15-6-16-11(8)20-13-19-18-12(21-13)17-7-4-5-7/h1-3,6-7H,4-5H2,(H,17,18). The van der Waals surface area contributed by atoms with Gasteiger partial charge >= 0.3 is 0 Å². The Hall–Kier alpha value is -1.80. The van der Waals surface area contributed by atoms with E-state index in [-0.39, 0.29) is 5.82 Å². The van der Waals surface area contributed by atoms with Gasteiger partial charge in [-0.2, -0.15) is 0 Å². The van der Waals surface area contributed by atoms with Gasteiger partial charge in [-0.05, 0) is 36.7 Å². The number of hydrogen-bond donors (Lipinski definition) is 1. The summed E-state index contributed by atoms with van der Waals surface area (Å²) in [7, 11) is 0. The number of para-hydroxylation sites is 1. The highest BCUT2D eigenvalue weighted by Crippen LogP contribution is 2.35. The van der Waals surface area contributed by atoms with Crippen LogP contribution in [0.4, 0.5) is 9.52 Å². The molecule has 1 aromatic carbocycles. The molecule has 1 N–H and O–H groups in total. The first-order valence-corrected chi connectivity index (χ1v) is 8.10. The van der Waals surface area contributed by atoms with Crippen molar-refractivity contribution in [3.8, 4) is 0 Å². The van der Waals surface area contributed by atoms with Gasteiger partial charge in [-0.3, -0.25) is 0 Å². The molecule has 0 atom stereocenters. The lowest BCUT2D eigenvalue weighted by molar-refractivity contribution is 0.636. The highest BCUT2D eigenvalue weighted by Gasteiger charge is 2.22. The molecule has 2 aromatic heterocycles. The zero-order valence-corrected chi connectivity index (χ0v) is 12.4. The first kappa shape index (κ1) is 12.9. The monoisotopic (exact) mass is 319 g/mol. The highest BCUT2D eigenvalue weighted by atomic mass is 32.2. The van der Waals surface area contributed by atoms with Gasteiger partial charge < -0.3 is 5.32 Å². The molecule has 2 heterocycles. The van der Waals surface area contributed by atoms with Crippen LogP contribution in [-0.4, -0.2) is 26.2 Å². The molecule has 1 aliphatic rings. The average Bonchev–Trinajstić information content (AvgIpc) is 3.19. The summed E-state index contributed by atoms with van der Waals surface area (Å²) in [6, 6.07) is 5.41. The Morgan fingerprint density at radius 2 is 2.14 bits per heavy atom. The fourth-order valence-corrected chi connectivity index (χ4v) is 3.72. The second kappa shape index (κ2) is 5.19. The van der Waals surface area contributed by atoms with Crippen molar-refractivity contribution >= 4 is 39.1 Å². The molecule has 0 saturated heterocycles. The largest absolute Gasteiger partial charge is 0.357 e. The third kappa shape index (κ3) is 2.68. The molecule has 0 spiro atoms. The SMILES string of the molecule is Fc1cccc2c(Sc3nnc(NC4CC4)s3)ncnc12. The van der Waals surface area contributed by atoms with E-state index in [9.17, 15) is 4.39 Å². The molecule has 0 amide bonds. The number of anilines is 1. The summed E-state index contributed by atoms with van der Waals surface area (Å²) in [6.45, 7) is 0. The number of aromatic nitrogens is 4. The van der Waals surface area contributed by atoms with Crippen molar-refractivity contribution in [3.63, 3.8) is 0 Å². The van der Waals surface area contributed by atoms with E-state index >= 15 is 0 Å². The Kier molecular flexibility index (Phi) is 3.19. The van der Waals surface area contributed by atoms with Crippen LogP contribution in [0.15, 0.2) is 33.9 Å². The Morgan fingerprint density at radius 1 is 1.24 bits per heavy atom. The number of fused-ring (bicyclic) bond motifs is 1. The number of nitrogens with one attached hydrogen (secondary N) is 1. The zero-order valence-electron chi connectivity index (χ0n) is 10.8. The van der Waals surface area contributed by atoms with Crippen LogP contribution in [0.2, 0.25) is 0 Å². The van der Waals surface area contributed by atoms with Gasteiger partial charge in [0.05, 0.1) is 0 Å². The van der Waals surface area contributed by atoms with Crippen LogP contribution in [0.5, 0.6) is 0 Å². The van der Waals surface area contributed by atoms with Crippen molar-refractivity contribution < 1.29 is 4.39 Å². The van der Waals surface area contributed by atoms with Crippen LogP contribution < -0.4 is 5.32 Å². The summed E-state index contributed by atoms with van der Waals surface area (Å²) in [5.41, 5.74) is 0.329. The molecule has 4 rings (SSSR count). The number of hydrogen-bond acceptors (Lipinski definition) is 7. The first-order valence-electron chi connectivity index (χ1n) is 6.47. The quantitative estimate of drug-likeness (QED) is 0.744. The molecule has 5 nitrogen and oxygen atoms in total. The summed E-state index contributed by atoms with van der Waals surface area (Å²) < 4.78 is 14.5. The molecular formula is C13H10FN5S2. The maximum absolute atomic E-state index is 13.7. The summed E-state index contributed by atoms with van der Waals surface area (Å²) in [6.07, 6.45) is 3.76. The van der Waals surface area contributed by atoms with Crippen LogP contribution >= 0.6 is 23.1 Å². The Labute approximate surface area is 128 Å². The highest BCUT2D eigenvalue weighted by molar-refractivity contribution is 8.01. The number of nitrogens with zero attached hydrogens (tertiary/aromatic N) is 4. The Morgan fingerprint density at radius 3 is 3.00 bits per heavy atom. The average molecular weight is 319 g/mol. The van der Waals surface area contributed by atoms with E-state index in [0.29, 0.717) is 22.0 Å². The van der Waals surface area contributed by atoms with Crippen molar-refractivity contribution in [1.29, 1.82) is 0 Å². The van der Waals surface area contributed by atoms with E-state index in [1.807, 2.05) is 6.07 Å². The lowest BCUT2D eigenvalue weighted by Gasteiger charge is -2.02. The molecule has 0 radical (unpaired) electrons. The van der Waals surface area contributed by atoms with Gasteiger partial charge in [-0.15, -0.1) is 10.2 Å². The zero-order chi connectivity index (χ0) is 14.2. The van der Waals surface area contributed by atoms with E-state index in [1.54, 1.807) is 6.07 Å². The van der Waals surface area contributed by atoms with E-state index in [4.69, 9.17) is 0 Å². The van der Waals surface area contributed by atoms with Crippen molar-refractivity contribution in [1.82, 2.24) is 20.2 Å². The van der Waals surface area contributed by atoms with Crippen LogP contribution in [0.3, 0.4) is 0 Å².